The average molecular weight is 475 g/mol. The Hall–Kier alpha value is -3.23. The highest BCUT2D eigenvalue weighted by atomic mass is 16.5. The Morgan fingerprint density at radius 3 is 2.63 bits per heavy atom. The number of aromatic nitrogens is 1. The molecule has 3 saturated heterocycles. The molecule has 182 valence electrons. The topological polar surface area (TPSA) is 87.9 Å². The van der Waals surface area contributed by atoms with Gasteiger partial charge in [0.1, 0.15) is 11.3 Å². The van der Waals surface area contributed by atoms with E-state index < -0.39 is 5.54 Å². The van der Waals surface area contributed by atoms with E-state index in [4.69, 9.17) is 9.15 Å². The zero-order chi connectivity index (χ0) is 23.8. The summed E-state index contributed by atoms with van der Waals surface area (Å²) in [7, 11) is 0. The average Bonchev–Trinajstić information content (AvgIpc) is 3.60. The van der Waals surface area contributed by atoms with Crippen LogP contribution in [-0.4, -0.2) is 59.1 Å². The lowest BCUT2D eigenvalue weighted by molar-refractivity contribution is -0.135. The molecule has 1 aromatic carbocycles. The van der Waals surface area contributed by atoms with Gasteiger partial charge in [-0.25, -0.2) is 4.79 Å². The summed E-state index contributed by atoms with van der Waals surface area (Å²) in [5, 5.41) is 4.20. The number of imide groups is 1. The minimum Gasteiger partial charge on any atom is -0.460 e. The summed E-state index contributed by atoms with van der Waals surface area (Å²) in [6, 6.07) is 15.4. The number of carbonyl (C=O) groups is 2. The van der Waals surface area contributed by atoms with Crippen LogP contribution in [0.5, 0.6) is 0 Å². The third kappa shape index (κ3) is 4.00. The van der Waals surface area contributed by atoms with Gasteiger partial charge in [-0.15, -0.1) is 0 Å². The van der Waals surface area contributed by atoms with Crippen molar-refractivity contribution in [2.75, 3.05) is 26.2 Å². The number of ether oxygens (including phenoxy) is 1. The van der Waals surface area contributed by atoms with Gasteiger partial charge in [0.25, 0.3) is 5.91 Å². The van der Waals surface area contributed by atoms with E-state index in [9.17, 15) is 9.59 Å². The van der Waals surface area contributed by atoms with Crippen molar-refractivity contribution in [3.8, 4) is 0 Å². The van der Waals surface area contributed by atoms with Crippen molar-refractivity contribution in [2.45, 2.75) is 43.9 Å². The number of benzene rings is 1. The largest absolute Gasteiger partial charge is 0.460 e. The van der Waals surface area contributed by atoms with Crippen molar-refractivity contribution >= 4 is 22.9 Å². The second kappa shape index (κ2) is 9.09. The fourth-order valence-corrected chi connectivity index (χ4v) is 5.87. The Balaban J connectivity index is 1.21. The Bertz CT molecular complexity index is 1180. The van der Waals surface area contributed by atoms with E-state index in [-0.39, 0.29) is 24.0 Å². The predicted octanol–water partition coefficient (Wildman–Crippen LogP) is 3.67. The first-order chi connectivity index (χ1) is 17.1. The highest BCUT2D eigenvalue weighted by Crippen LogP contribution is 2.41. The zero-order valence-corrected chi connectivity index (χ0v) is 19.7. The number of pyridine rings is 1. The van der Waals surface area contributed by atoms with E-state index in [0.29, 0.717) is 18.8 Å². The molecular formula is C27H30N4O4. The van der Waals surface area contributed by atoms with E-state index in [1.807, 2.05) is 36.4 Å². The molecule has 3 aliphatic heterocycles. The molecule has 0 bridgehead atoms. The summed E-state index contributed by atoms with van der Waals surface area (Å²) < 4.78 is 11.7. The molecule has 0 spiro atoms. The Labute approximate surface area is 204 Å². The fourth-order valence-electron chi connectivity index (χ4n) is 5.87. The number of furan rings is 1. The van der Waals surface area contributed by atoms with Crippen LogP contribution in [0, 0.1) is 5.92 Å². The molecule has 8 nitrogen and oxygen atoms in total. The molecule has 2 unspecified atom stereocenters. The molecule has 5 heterocycles. The second-order valence-electron chi connectivity index (χ2n) is 9.80. The molecule has 8 heteroatoms. The van der Waals surface area contributed by atoms with Crippen molar-refractivity contribution in [1.82, 2.24) is 20.1 Å². The maximum atomic E-state index is 13.9. The quantitative estimate of drug-likeness (QED) is 0.549. The number of nitrogens with zero attached hydrogens (tertiary/aromatic N) is 3. The third-order valence-corrected chi connectivity index (χ3v) is 7.67. The first-order valence-electron chi connectivity index (χ1n) is 12.5. The van der Waals surface area contributed by atoms with Crippen molar-refractivity contribution in [3.63, 3.8) is 0 Å². The van der Waals surface area contributed by atoms with Crippen LogP contribution in [0.2, 0.25) is 0 Å². The van der Waals surface area contributed by atoms with Gasteiger partial charge in [0, 0.05) is 18.2 Å². The van der Waals surface area contributed by atoms with Crippen LogP contribution in [0.25, 0.3) is 11.0 Å². The molecule has 6 rings (SSSR count). The number of fused-ring (bicyclic) bond motifs is 1. The second-order valence-corrected chi connectivity index (χ2v) is 9.80. The summed E-state index contributed by atoms with van der Waals surface area (Å²) in [4.78, 5) is 35.3. The van der Waals surface area contributed by atoms with E-state index >= 15 is 0 Å². The molecular weight excluding hydrogens is 444 g/mol. The number of hydrogen-bond acceptors (Lipinski definition) is 6. The van der Waals surface area contributed by atoms with Crippen LogP contribution in [0.3, 0.4) is 0 Å². The highest BCUT2D eigenvalue weighted by molar-refractivity contribution is 6.07. The molecule has 0 saturated carbocycles. The summed E-state index contributed by atoms with van der Waals surface area (Å²) in [6.45, 7) is 3.33. The van der Waals surface area contributed by atoms with Crippen molar-refractivity contribution in [1.29, 1.82) is 0 Å². The minimum absolute atomic E-state index is 0.0460. The third-order valence-electron chi connectivity index (χ3n) is 7.67. The number of hydrogen-bond donors (Lipinski definition) is 1. The van der Waals surface area contributed by atoms with Gasteiger partial charge in [-0.1, -0.05) is 24.3 Å². The number of piperidine rings is 1. The zero-order valence-electron chi connectivity index (χ0n) is 19.7. The van der Waals surface area contributed by atoms with Gasteiger partial charge in [-0.05, 0) is 69.0 Å². The van der Waals surface area contributed by atoms with Gasteiger partial charge in [-0.3, -0.25) is 19.6 Å². The number of amides is 3. The lowest BCUT2D eigenvalue weighted by Gasteiger charge is -2.40. The standard InChI is InChI=1S/C27H30N4O4/c32-25-27(24-9-3-4-12-28-24,29-26(33)31(25)18-21-7-5-15-34-21)20-10-13-30(14-11-20)17-22-16-19-6-1-2-8-23(19)35-22/h1-4,6,8-9,12,16,20-21H,5,7,10-11,13-15,17-18H2,(H,29,33). The molecule has 2 atom stereocenters. The molecule has 2 aromatic heterocycles. The van der Waals surface area contributed by atoms with Gasteiger partial charge < -0.3 is 14.5 Å². The molecule has 3 fully saturated rings. The van der Waals surface area contributed by atoms with E-state index in [2.05, 4.69) is 27.3 Å². The normalized spacial score (nSPS) is 26.1. The Morgan fingerprint density at radius 2 is 1.89 bits per heavy atom. The van der Waals surface area contributed by atoms with E-state index in [1.165, 1.54) is 4.90 Å². The lowest BCUT2D eigenvalue weighted by atomic mass is 9.75. The maximum Gasteiger partial charge on any atom is 0.325 e. The highest BCUT2D eigenvalue weighted by Gasteiger charge is 2.58. The molecule has 0 radical (unpaired) electrons. The van der Waals surface area contributed by atoms with Gasteiger partial charge >= 0.3 is 6.03 Å². The number of likely N-dealkylation sites (tertiary alicyclic amines) is 1. The Morgan fingerprint density at radius 1 is 1.06 bits per heavy atom. The van der Waals surface area contributed by atoms with E-state index in [1.54, 1.807) is 6.20 Å². The lowest BCUT2D eigenvalue weighted by Crippen LogP contribution is -2.54. The molecule has 3 amide bonds. The van der Waals surface area contributed by atoms with Crippen LogP contribution < -0.4 is 5.32 Å². The number of rotatable bonds is 6. The molecule has 1 N–H and O–H groups in total. The van der Waals surface area contributed by atoms with Crippen molar-refractivity contribution < 1.29 is 18.7 Å². The molecule has 35 heavy (non-hydrogen) atoms. The number of carbonyl (C=O) groups excluding carboxylic acids is 2. The molecule has 0 aliphatic carbocycles. The van der Waals surface area contributed by atoms with Crippen molar-refractivity contribution in [3.05, 3.63) is 66.2 Å². The summed E-state index contributed by atoms with van der Waals surface area (Å²) in [5.41, 5.74) is 0.378. The summed E-state index contributed by atoms with van der Waals surface area (Å²) >= 11 is 0. The summed E-state index contributed by atoms with van der Waals surface area (Å²) in [6.07, 6.45) is 4.98. The number of urea groups is 1. The van der Waals surface area contributed by atoms with Crippen LogP contribution in [0.15, 0.2) is 59.1 Å². The smallest absolute Gasteiger partial charge is 0.325 e. The van der Waals surface area contributed by atoms with Crippen LogP contribution in [0.1, 0.15) is 37.1 Å². The van der Waals surface area contributed by atoms with Gasteiger partial charge in [-0.2, -0.15) is 0 Å². The monoisotopic (exact) mass is 474 g/mol. The first kappa shape index (κ1) is 22.2. The van der Waals surface area contributed by atoms with E-state index in [0.717, 1.165) is 62.0 Å². The van der Waals surface area contributed by atoms with Crippen molar-refractivity contribution in [2.24, 2.45) is 5.92 Å². The molecule has 3 aliphatic rings. The molecule has 3 aromatic rings. The SMILES string of the molecule is O=C1NC(c2ccccn2)(C2CCN(Cc3cc4ccccc4o3)CC2)C(=O)N1CC1CCCO1. The minimum atomic E-state index is -1.14. The van der Waals surface area contributed by atoms with Crippen LogP contribution >= 0.6 is 0 Å². The van der Waals surface area contributed by atoms with Gasteiger partial charge in [0.2, 0.25) is 0 Å². The number of nitrogens with one attached hydrogen (secondary N) is 1. The van der Waals surface area contributed by atoms with Crippen LogP contribution in [0.4, 0.5) is 4.79 Å². The first-order valence-corrected chi connectivity index (χ1v) is 12.5. The number of para-hydroxylation sites is 1. The fraction of sp³-hybridized carbons (Fsp3) is 0.444. The summed E-state index contributed by atoms with van der Waals surface area (Å²) in [5.74, 6) is 0.694. The van der Waals surface area contributed by atoms with Crippen LogP contribution in [-0.2, 0) is 21.6 Å². The van der Waals surface area contributed by atoms with Gasteiger partial charge in [0.15, 0.2) is 5.54 Å². The Kier molecular flexibility index (Phi) is 5.78. The predicted molar refractivity (Wildman–Crippen MR) is 129 cm³/mol. The maximum absolute atomic E-state index is 13.9. The van der Waals surface area contributed by atoms with Gasteiger partial charge in [0.05, 0.1) is 24.9 Å².